The molecule has 6 heteroatoms. The first-order valence-corrected chi connectivity index (χ1v) is 7.20. The number of methoxy groups -OCH3 is 2. The molecule has 108 valence electrons. The van der Waals surface area contributed by atoms with E-state index in [1.54, 1.807) is 20.4 Å². The molecule has 2 atom stereocenters. The quantitative estimate of drug-likeness (QED) is 0.841. The zero-order valence-corrected chi connectivity index (χ0v) is 13.1. The number of hydrogen-bond donors (Lipinski definition) is 1. The fraction of sp³-hybridized carbons (Fsp3) is 0.615. The van der Waals surface area contributed by atoms with Gasteiger partial charge in [0.15, 0.2) is 5.75 Å². The molecule has 0 saturated carbocycles. The van der Waals surface area contributed by atoms with E-state index in [1.165, 1.54) is 0 Å². The van der Waals surface area contributed by atoms with Crippen LogP contribution in [0.15, 0.2) is 12.3 Å². The van der Waals surface area contributed by atoms with Crippen LogP contribution in [0.2, 0.25) is 0 Å². The van der Waals surface area contributed by atoms with Gasteiger partial charge in [0.05, 0.1) is 20.3 Å². The largest absolute Gasteiger partial charge is 0.598 e. The average molecular weight is 286 g/mol. The van der Waals surface area contributed by atoms with Gasteiger partial charge in [-0.3, -0.25) is 0 Å². The van der Waals surface area contributed by atoms with Crippen LogP contribution in [0.25, 0.3) is 0 Å². The van der Waals surface area contributed by atoms with E-state index in [2.05, 4.69) is 9.71 Å². The van der Waals surface area contributed by atoms with Crippen molar-refractivity contribution >= 4 is 11.4 Å². The second-order valence-electron chi connectivity index (χ2n) is 5.20. The first-order valence-electron chi connectivity index (χ1n) is 6.05. The van der Waals surface area contributed by atoms with Crippen molar-refractivity contribution in [3.05, 3.63) is 17.8 Å². The first-order chi connectivity index (χ1) is 8.79. The summed E-state index contributed by atoms with van der Waals surface area (Å²) in [4.78, 5) is 4.17. The van der Waals surface area contributed by atoms with E-state index in [0.717, 1.165) is 5.56 Å². The summed E-state index contributed by atoms with van der Waals surface area (Å²) >= 11 is -1.13. The number of nitrogens with one attached hydrogen (secondary N) is 1. The Bertz CT molecular complexity index is 421. The third kappa shape index (κ3) is 4.26. The van der Waals surface area contributed by atoms with Gasteiger partial charge in [0.2, 0.25) is 0 Å². The Morgan fingerprint density at radius 3 is 2.42 bits per heavy atom. The number of nitrogens with zero attached hydrogens (tertiary/aromatic N) is 1. The zero-order valence-electron chi connectivity index (χ0n) is 12.3. The number of rotatable bonds is 5. The Labute approximate surface area is 118 Å². The number of aromatic nitrogens is 1. The van der Waals surface area contributed by atoms with Crippen molar-refractivity contribution in [3.8, 4) is 11.6 Å². The van der Waals surface area contributed by atoms with Gasteiger partial charge in [-0.25, -0.2) is 4.98 Å². The molecule has 0 bridgehead atoms. The van der Waals surface area contributed by atoms with Gasteiger partial charge in [-0.2, -0.15) is 0 Å². The fourth-order valence-electron chi connectivity index (χ4n) is 1.39. The van der Waals surface area contributed by atoms with Gasteiger partial charge in [0.1, 0.15) is 4.75 Å². The van der Waals surface area contributed by atoms with Crippen molar-refractivity contribution in [2.75, 3.05) is 14.2 Å². The minimum atomic E-state index is -1.13. The van der Waals surface area contributed by atoms with Gasteiger partial charge < -0.3 is 14.0 Å². The highest BCUT2D eigenvalue weighted by molar-refractivity contribution is 7.90. The molecule has 19 heavy (non-hydrogen) atoms. The highest BCUT2D eigenvalue weighted by Crippen LogP contribution is 2.28. The average Bonchev–Trinajstić information content (AvgIpc) is 2.36. The lowest BCUT2D eigenvalue weighted by Gasteiger charge is -2.26. The van der Waals surface area contributed by atoms with Crippen molar-refractivity contribution in [2.45, 2.75) is 38.5 Å². The zero-order chi connectivity index (χ0) is 14.6. The van der Waals surface area contributed by atoms with E-state index in [0.29, 0.717) is 11.6 Å². The molecular formula is C13H22N2O3S. The van der Waals surface area contributed by atoms with Crippen LogP contribution in [0.5, 0.6) is 11.6 Å². The van der Waals surface area contributed by atoms with Crippen molar-refractivity contribution in [1.29, 1.82) is 0 Å². The van der Waals surface area contributed by atoms with Crippen molar-refractivity contribution in [3.63, 3.8) is 0 Å². The van der Waals surface area contributed by atoms with E-state index in [9.17, 15) is 4.55 Å². The summed E-state index contributed by atoms with van der Waals surface area (Å²) in [6.45, 7) is 7.72. The van der Waals surface area contributed by atoms with Crippen molar-refractivity contribution in [1.82, 2.24) is 9.71 Å². The molecule has 0 aliphatic heterocycles. The summed E-state index contributed by atoms with van der Waals surface area (Å²) in [6.07, 6.45) is 1.69. The third-order valence-corrected chi connectivity index (χ3v) is 4.27. The molecule has 0 radical (unpaired) electrons. The molecule has 1 N–H and O–H groups in total. The standard InChI is InChI=1S/C13H22N2O3S/c1-9(15-19(16)13(2,3)4)10-7-11(17-5)12(18-6)14-8-10/h7-9,15H,1-6H3. The molecular weight excluding hydrogens is 264 g/mol. The fourth-order valence-corrected chi connectivity index (χ4v) is 2.20. The monoisotopic (exact) mass is 286 g/mol. The second-order valence-corrected chi connectivity index (χ2v) is 7.20. The van der Waals surface area contributed by atoms with Gasteiger partial charge in [-0.1, -0.05) is 0 Å². The van der Waals surface area contributed by atoms with E-state index in [-0.39, 0.29) is 10.8 Å². The van der Waals surface area contributed by atoms with Crippen LogP contribution in [0.3, 0.4) is 0 Å². The van der Waals surface area contributed by atoms with Crippen molar-refractivity contribution < 1.29 is 14.0 Å². The van der Waals surface area contributed by atoms with Crippen molar-refractivity contribution in [2.24, 2.45) is 0 Å². The van der Waals surface area contributed by atoms with E-state index in [1.807, 2.05) is 33.8 Å². The molecule has 0 spiro atoms. The molecule has 1 rings (SSSR count). The van der Waals surface area contributed by atoms with Gasteiger partial charge in [-0.15, -0.1) is 4.72 Å². The molecule has 1 aromatic heterocycles. The van der Waals surface area contributed by atoms with Crippen LogP contribution >= 0.6 is 0 Å². The van der Waals surface area contributed by atoms with E-state index >= 15 is 0 Å². The van der Waals surface area contributed by atoms with Gasteiger partial charge >= 0.3 is 0 Å². The maximum atomic E-state index is 12.0. The number of ether oxygens (including phenoxy) is 2. The number of hydrogen-bond acceptors (Lipinski definition) is 5. The molecule has 5 nitrogen and oxygen atoms in total. The minimum Gasteiger partial charge on any atom is -0.598 e. The molecule has 1 heterocycles. The third-order valence-electron chi connectivity index (χ3n) is 2.59. The van der Waals surface area contributed by atoms with Crippen LogP contribution < -0.4 is 14.2 Å². The van der Waals surface area contributed by atoms with Gasteiger partial charge in [-0.05, 0) is 39.3 Å². The summed E-state index contributed by atoms with van der Waals surface area (Å²) < 4.78 is 25.1. The Morgan fingerprint density at radius 1 is 1.32 bits per heavy atom. The summed E-state index contributed by atoms with van der Waals surface area (Å²) in [5.41, 5.74) is 0.898. The molecule has 0 fully saturated rings. The minimum absolute atomic E-state index is 0.0904. The SMILES string of the molecule is COc1cc(C(C)N[S+]([O-])C(C)(C)C)cnc1OC. The highest BCUT2D eigenvalue weighted by atomic mass is 32.2. The van der Waals surface area contributed by atoms with Crippen LogP contribution in [0, 0.1) is 0 Å². The lowest BCUT2D eigenvalue weighted by atomic mass is 10.1. The molecule has 1 aromatic rings. The Hall–Kier alpha value is -0.980. The van der Waals surface area contributed by atoms with Gasteiger partial charge in [0.25, 0.3) is 5.88 Å². The lowest BCUT2D eigenvalue weighted by molar-refractivity contribution is 0.342. The topological polar surface area (TPSA) is 66.4 Å². The lowest BCUT2D eigenvalue weighted by Crippen LogP contribution is -2.40. The van der Waals surface area contributed by atoms with E-state index < -0.39 is 11.4 Å². The molecule has 0 amide bonds. The summed E-state index contributed by atoms with van der Waals surface area (Å²) in [7, 11) is 3.11. The molecule has 0 aliphatic carbocycles. The smallest absolute Gasteiger partial charge is 0.256 e. The predicted octanol–water partition coefficient (Wildman–Crippen LogP) is 2.21. The molecule has 0 saturated heterocycles. The molecule has 0 aliphatic rings. The second kappa shape index (κ2) is 6.45. The maximum Gasteiger partial charge on any atom is 0.256 e. The van der Waals surface area contributed by atoms with Crippen LogP contribution in [0.4, 0.5) is 0 Å². The Balaban J connectivity index is 2.85. The summed E-state index contributed by atoms with van der Waals surface area (Å²) in [5.74, 6) is 1.01. The normalized spacial score (nSPS) is 14.9. The molecule has 2 unspecified atom stereocenters. The van der Waals surface area contributed by atoms with E-state index in [4.69, 9.17) is 9.47 Å². The Kier molecular flexibility index (Phi) is 5.46. The summed E-state index contributed by atoms with van der Waals surface area (Å²) in [6, 6.07) is 1.75. The Morgan fingerprint density at radius 2 is 1.95 bits per heavy atom. The predicted molar refractivity (Wildman–Crippen MR) is 76.8 cm³/mol. The first kappa shape index (κ1) is 16.1. The van der Waals surface area contributed by atoms with Crippen LogP contribution in [-0.2, 0) is 11.4 Å². The van der Waals surface area contributed by atoms with Gasteiger partial charge in [0, 0.05) is 17.6 Å². The highest BCUT2D eigenvalue weighted by Gasteiger charge is 2.28. The van der Waals surface area contributed by atoms with Crippen LogP contribution in [-0.4, -0.2) is 28.5 Å². The maximum absolute atomic E-state index is 12.0. The molecule has 0 aromatic carbocycles. The number of pyridine rings is 1. The van der Waals surface area contributed by atoms with Crippen LogP contribution in [0.1, 0.15) is 39.3 Å². The summed E-state index contributed by atoms with van der Waals surface area (Å²) in [5, 5.41) is 0.